The molecule has 2 N–H and O–H groups in total. The van der Waals surface area contributed by atoms with Gasteiger partial charge >= 0.3 is 0 Å². The van der Waals surface area contributed by atoms with E-state index in [9.17, 15) is 8.42 Å². The molecule has 1 saturated heterocycles. The first kappa shape index (κ1) is 19.5. The minimum Gasteiger partial charge on any atom is -0.368 e. The molecule has 12 heteroatoms. The maximum Gasteiger partial charge on any atom is 0.248 e. The van der Waals surface area contributed by atoms with Crippen molar-refractivity contribution in [3.63, 3.8) is 0 Å². The average Bonchev–Trinajstić information content (AvgIpc) is 2.94. The number of rotatable bonds is 5. The fourth-order valence-corrected chi connectivity index (χ4v) is 4.71. The molecule has 11 nitrogen and oxygen atoms in total. The van der Waals surface area contributed by atoms with Gasteiger partial charge in [0.1, 0.15) is 16.4 Å². The summed E-state index contributed by atoms with van der Waals surface area (Å²) >= 11 is 0. The van der Waals surface area contributed by atoms with E-state index in [1.165, 1.54) is 4.31 Å². The van der Waals surface area contributed by atoms with E-state index in [4.69, 9.17) is 10.3 Å². The van der Waals surface area contributed by atoms with Gasteiger partial charge in [0, 0.05) is 40.3 Å². The van der Waals surface area contributed by atoms with Crippen molar-refractivity contribution in [3.8, 4) is 0 Å². The van der Waals surface area contributed by atoms with Gasteiger partial charge in [-0.05, 0) is 13.8 Å². The SMILES string of the molecule is Cc1noc(C)c1S(=O)(=O)N1CCN(Cc2nc(N)nc(N(C)C)n2)CC1. The Bertz CT molecular complexity index is 900. The summed E-state index contributed by atoms with van der Waals surface area (Å²) in [7, 11) is 0.0420. The van der Waals surface area contributed by atoms with Gasteiger partial charge < -0.3 is 15.2 Å². The summed E-state index contributed by atoms with van der Waals surface area (Å²) < 4.78 is 32.2. The Morgan fingerprint density at radius 3 is 2.33 bits per heavy atom. The van der Waals surface area contributed by atoms with Crippen molar-refractivity contribution in [2.24, 2.45) is 0 Å². The minimum atomic E-state index is -3.62. The molecule has 3 rings (SSSR count). The predicted molar refractivity (Wildman–Crippen MR) is 98.6 cm³/mol. The summed E-state index contributed by atoms with van der Waals surface area (Å²) in [5.41, 5.74) is 6.14. The number of anilines is 2. The maximum absolute atomic E-state index is 12.9. The van der Waals surface area contributed by atoms with E-state index in [2.05, 4.69) is 25.0 Å². The Hall–Kier alpha value is -2.31. The summed E-state index contributed by atoms with van der Waals surface area (Å²) in [5, 5.41) is 3.75. The zero-order valence-corrected chi connectivity index (χ0v) is 16.7. The molecule has 0 aliphatic carbocycles. The predicted octanol–water partition coefficient (Wildman–Crippen LogP) is -0.369. The van der Waals surface area contributed by atoms with Crippen LogP contribution in [0, 0.1) is 13.8 Å². The third-order valence-corrected chi connectivity index (χ3v) is 6.49. The second-order valence-electron chi connectivity index (χ2n) is 6.64. The molecule has 0 bridgehead atoms. The highest BCUT2D eigenvalue weighted by Gasteiger charge is 2.33. The summed E-state index contributed by atoms with van der Waals surface area (Å²) in [6, 6.07) is 0. The lowest BCUT2D eigenvalue weighted by molar-refractivity contribution is 0.178. The lowest BCUT2D eigenvalue weighted by Crippen LogP contribution is -2.48. The van der Waals surface area contributed by atoms with Crippen LogP contribution in [0.4, 0.5) is 11.9 Å². The minimum absolute atomic E-state index is 0.164. The molecule has 0 saturated carbocycles. The van der Waals surface area contributed by atoms with Crippen LogP contribution in [0.25, 0.3) is 0 Å². The number of aryl methyl sites for hydroxylation is 2. The highest BCUT2D eigenvalue weighted by Crippen LogP contribution is 2.24. The Morgan fingerprint density at radius 2 is 1.78 bits per heavy atom. The molecule has 27 heavy (non-hydrogen) atoms. The Kier molecular flexibility index (Phi) is 5.31. The van der Waals surface area contributed by atoms with Crippen molar-refractivity contribution in [2.45, 2.75) is 25.3 Å². The van der Waals surface area contributed by atoms with Crippen LogP contribution < -0.4 is 10.6 Å². The Morgan fingerprint density at radius 1 is 1.11 bits per heavy atom. The molecule has 0 amide bonds. The van der Waals surface area contributed by atoms with E-state index in [1.54, 1.807) is 18.7 Å². The fourth-order valence-electron chi connectivity index (χ4n) is 3.00. The Balaban J connectivity index is 1.68. The number of nitrogens with two attached hydrogens (primary N) is 1. The number of hydrogen-bond acceptors (Lipinski definition) is 10. The van der Waals surface area contributed by atoms with Crippen molar-refractivity contribution in [2.75, 3.05) is 50.9 Å². The van der Waals surface area contributed by atoms with Gasteiger partial charge in [0.05, 0.1) is 6.54 Å². The van der Waals surface area contributed by atoms with Crippen LogP contribution in [0.3, 0.4) is 0 Å². The molecular formula is C15H24N8O3S. The smallest absolute Gasteiger partial charge is 0.248 e. The molecule has 1 aliphatic heterocycles. The normalized spacial score (nSPS) is 16.6. The second-order valence-corrected chi connectivity index (χ2v) is 8.51. The van der Waals surface area contributed by atoms with Gasteiger partial charge in [0.2, 0.25) is 21.9 Å². The number of sulfonamides is 1. The van der Waals surface area contributed by atoms with Crippen LogP contribution in [0.15, 0.2) is 9.42 Å². The fraction of sp³-hybridized carbons (Fsp3) is 0.600. The summed E-state index contributed by atoms with van der Waals surface area (Å²) in [6.45, 7) is 5.58. The van der Waals surface area contributed by atoms with Crippen molar-refractivity contribution in [3.05, 3.63) is 17.3 Å². The monoisotopic (exact) mass is 396 g/mol. The topological polar surface area (TPSA) is 135 Å². The molecule has 2 aromatic heterocycles. The van der Waals surface area contributed by atoms with Crippen molar-refractivity contribution in [1.29, 1.82) is 0 Å². The highest BCUT2D eigenvalue weighted by atomic mass is 32.2. The summed E-state index contributed by atoms with van der Waals surface area (Å²) in [6.07, 6.45) is 0. The lowest BCUT2D eigenvalue weighted by atomic mass is 10.3. The first-order valence-corrected chi connectivity index (χ1v) is 9.95. The molecule has 0 aromatic carbocycles. The van der Waals surface area contributed by atoms with E-state index >= 15 is 0 Å². The first-order chi connectivity index (χ1) is 12.7. The van der Waals surface area contributed by atoms with E-state index in [-0.39, 0.29) is 10.8 Å². The van der Waals surface area contributed by atoms with Gasteiger partial charge in [-0.15, -0.1) is 0 Å². The van der Waals surface area contributed by atoms with E-state index in [0.717, 1.165) is 0 Å². The van der Waals surface area contributed by atoms with Gasteiger partial charge in [0.25, 0.3) is 0 Å². The number of nitrogen functional groups attached to an aromatic ring is 1. The van der Waals surface area contributed by atoms with Crippen molar-refractivity contribution < 1.29 is 12.9 Å². The van der Waals surface area contributed by atoms with E-state index in [0.29, 0.717) is 56.0 Å². The molecular weight excluding hydrogens is 372 g/mol. The standard InChI is InChI=1S/C15H24N8O3S/c1-10-13(11(2)26-20-10)27(24,25)23-7-5-22(6-8-23)9-12-17-14(16)19-15(18-12)21(3)4/h5-9H2,1-4H3,(H2,16,17,18,19). The zero-order chi connectivity index (χ0) is 19.8. The van der Waals surface area contributed by atoms with Crippen LogP contribution >= 0.6 is 0 Å². The molecule has 1 fully saturated rings. The summed E-state index contributed by atoms with van der Waals surface area (Å²) in [4.78, 5) is 16.7. The van der Waals surface area contributed by atoms with Gasteiger partial charge in [-0.25, -0.2) is 8.42 Å². The number of nitrogens with zero attached hydrogens (tertiary/aromatic N) is 7. The zero-order valence-electron chi connectivity index (χ0n) is 15.9. The van der Waals surface area contributed by atoms with Crippen LogP contribution in [0.5, 0.6) is 0 Å². The number of hydrogen-bond donors (Lipinski definition) is 1. The third-order valence-electron chi connectivity index (χ3n) is 4.35. The van der Waals surface area contributed by atoms with E-state index < -0.39 is 10.0 Å². The molecule has 0 unspecified atom stereocenters. The van der Waals surface area contributed by atoms with Crippen LogP contribution in [0.2, 0.25) is 0 Å². The number of aromatic nitrogens is 4. The third kappa shape index (κ3) is 4.01. The maximum atomic E-state index is 12.9. The summed E-state index contributed by atoms with van der Waals surface area (Å²) in [5.74, 6) is 1.54. The molecule has 2 aromatic rings. The molecule has 3 heterocycles. The van der Waals surface area contributed by atoms with Crippen LogP contribution in [0.1, 0.15) is 17.3 Å². The molecule has 0 atom stereocenters. The largest absolute Gasteiger partial charge is 0.368 e. The molecule has 1 aliphatic rings. The van der Waals surface area contributed by atoms with Gasteiger partial charge in [-0.1, -0.05) is 5.16 Å². The highest BCUT2D eigenvalue weighted by molar-refractivity contribution is 7.89. The van der Waals surface area contributed by atoms with Crippen molar-refractivity contribution in [1.82, 2.24) is 29.3 Å². The molecule has 148 valence electrons. The molecule has 0 spiro atoms. The van der Waals surface area contributed by atoms with Gasteiger partial charge in [-0.2, -0.15) is 19.3 Å². The van der Waals surface area contributed by atoms with Crippen LogP contribution in [-0.4, -0.2) is 78.0 Å². The van der Waals surface area contributed by atoms with Crippen molar-refractivity contribution >= 4 is 21.9 Å². The Labute approximate surface area is 158 Å². The lowest BCUT2D eigenvalue weighted by Gasteiger charge is -2.33. The molecule has 0 radical (unpaired) electrons. The van der Waals surface area contributed by atoms with Crippen LogP contribution in [-0.2, 0) is 16.6 Å². The van der Waals surface area contributed by atoms with Gasteiger partial charge in [-0.3, -0.25) is 4.90 Å². The second kappa shape index (κ2) is 7.37. The average molecular weight is 396 g/mol. The first-order valence-electron chi connectivity index (χ1n) is 8.51. The number of piperazine rings is 1. The quantitative estimate of drug-likeness (QED) is 0.713. The van der Waals surface area contributed by atoms with E-state index in [1.807, 2.05) is 14.1 Å². The van der Waals surface area contributed by atoms with Gasteiger partial charge in [0.15, 0.2) is 5.76 Å².